The van der Waals surface area contributed by atoms with E-state index in [1.807, 2.05) is 0 Å². The molecule has 2 nitrogen and oxygen atoms in total. The third-order valence-electron chi connectivity index (χ3n) is 17.2. The summed E-state index contributed by atoms with van der Waals surface area (Å²) in [6.07, 6.45) is -2.42. The van der Waals surface area contributed by atoms with Gasteiger partial charge in [0.15, 0.2) is 69.8 Å². The second-order valence-corrected chi connectivity index (χ2v) is 27.2. The minimum Gasteiger partial charge on any atom is -1.00 e. The summed E-state index contributed by atoms with van der Waals surface area (Å²) >= 11 is 0. The van der Waals surface area contributed by atoms with Crippen molar-refractivity contribution in [1.82, 2.24) is 0 Å². The van der Waals surface area contributed by atoms with E-state index in [9.17, 15) is 52.7 Å². The molecule has 12 aromatic rings. The van der Waals surface area contributed by atoms with Crippen LogP contribution in [-0.2, 0) is 19.5 Å². The third-order valence-corrected chi connectivity index (χ3v) is 22.2. The van der Waals surface area contributed by atoms with E-state index in [2.05, 4.69) is 194 Å². The molecular formula is C74H46BClF20N2P2Ru. The Morgan fingerprint density at radius 2 is 0.455 bits per heavy atom. The molecule has 0 unspecified atom stereocenters. The summed E-state index contributed by atoms with van der Waals surface area (Å²) in [5.74, 6) is -71.4. The first-order valence-corrected chi connectivity index (χ1v) is 32.6. The first-order chi connectivity index (χ1) is 47.4. The first kappa shape index (κ1) is 76.7. The smallest absolute Gasteiger partial charge is 1.00 e. The predicted octanol–water partition coefficient (Wildman–Crippen LogP) is 12.2. The second-order valence-electron chi connectivity index (χ2n) is 22.8. The van der Waals surface area contributed by atoms with Crippen molar-refractivity contribution in [3.8, 4) is 11.1 Å². The Hall–Kier alpha value is -8.48. The standard InChI is InChI=1S/C44H32P2.C24BF20.C6H14N2.ClH.Ru/c1-5-19-35(20-6-1)45(36-21-7-2-8-22-36)41-31-29-33-17-13-15-27-39(33)43(41)44-40-28-16-14-18-34(40)30-32-42(44)46(37-23-9-3-10-24-37)38-25-11-4-12-26-38;26-5-1(6(27)14(35)21(42)13(5)34)25(2-7(28)15(36)22(43)16(37)8(2)29,3-9(30)17(38)23(44)18(39)10(3)31)4-11(32)19(40)24(45)20(41)12(4)33;7-5-3-1-2-4-6(5)8;;/h1-32H;;5-6H,1-4,7-8H2;1H;/q;-1;;;+2/p-1/t;;5-,6-;;/m..0../s1. The van der Waals surface area contributed by atoms with E-state index in [0.717, 1.165) is 12.8 Å². The molecule has 0 heterocycles. The van der Waals surface area contributed by atoms with Crippen LogP contribution in [0.2, 0.25) is 0 Å². The van der Waals surface area contributed by atoms with Crippen molar-refractivity contribution in [2.24, 2.45) is 11.5 Å². The zero-order valence-electron chi connectivity index (χ0n) is 51.4. The molecule has 0 saturated heterocycles. The van der Waals surface area contributed by atoms with Crippen LogP contribution in [0.15, 0.2) is 194 Å². The quantitative estimate of drug-likeness (QED) is 0.0446. The van der Waals surface area contributed by atoms with Crippen molar-refractivity contribution in [2.75, 3.05) is 0 Å². The topological polar surface area (TPSA) is 52.0 Å². The van der Waals surface area contributed by atoms with Crippen molar-refractivity contribution in [3.05, 3.63) is 310 Å². The van der Waals surface area contributed by atoms with Crippen LogP contribution in [0.4, 0.5) is 87.8 Å². The van der Waals surface area contributed by atoms with Gasteiger partial charge in [0.1, 0.15) is 52.7 Å². The molecule has 101 heavy (non-hydrogen) atoms. The largest absolute Gasteiger partial charge is 2.00 e. The van der Waals surface area contributed by atoms with E-state index in [0.29, 0.717) is 0 Å². The molecule has 4 N–H and O–H groups in total. The van der Waals surface area contributed by atoms with Gasteiger partial charge in [-0.15, -0.1) is 21.9 Å². The fourth-order valence-corrected chi connectivity index (χ4v) is 17.6. The fourth-order valence-electron chi connectivity index (χ4n) is 12.6. The number of rotatable bonds is 11. The van der Waals surface area contributed by atoms with Gasteiger partial charge in [0.2, 0.25) is 0 Å². The van der Waals surface area contributed by atoms with Gasteiger partial charge < -0.3 is 23.9 Å². The van der Waals surface area contributed by atoms with E-state index < -0.39 is 160 Å². The van der Waals surface area contributed by atoms with E-state index in [1.54, 1.807) is 0 Å². The monoisotopic (exact) mass is 1550 g/mol. The molecule has 1 saturated carbocycles. The average molecular weight is 1550 g/mol. The first-order valence-electron chi connectivity index (χ1n) is 30.0. The SMILES string of the molecule is Fc1c(F)c(F)c([B-](c2c(F)c(F)c(F)c(F)c2F)(c2c(F)c(F)c(F)c(F)c2F)c2c(F)c(F)c(F)c(F)c2F)c(F)c1F.N[C@H]1CCCC[C@@H]1N.[Cl-].[Ru+2].c1ccc(P(c2ccccc2)c2ccc3ccccc3c2-c2c(P(c3ccccc3)c3ccccc3)ccc3ccccc23)cc1. The Balaban J connectivity index is 0.000000208. The van der Waals surface area contributed by atoms with Crippen LogP contribution in [0.1, 0.15) is 25.7 Å². The van der Waals surface area contributed by atoms with Crippen molar-refractivity contribution in [2.45, 2.75) is 37.8 Å². The molecule has 0 amide bonds. The van der Waals surface area contributed by atoms with Crippen LogP contribution in [0, 0.1) is 116 Å². The van der Waals surface area contributed by atoms with Gasteiger partial charge in [-0.05, 0) is 93.2 Å². The normalized spacial score (nSPS) is 13.7. The molecule has 1 aliphatic carbocycles. The molecule has 27 heteroatoms. The third kappa shape index (κ3) is 13.8. The minimum atomic E-state index is -7.22. The van der Waals surface area contributed by atoms with Gasteiger partial charge >= 0.3 is 19.5 Å². The van der Waals surface area contributed by atoms with E-state index >= 15 is 35.1 Å². The molecule has 0 spiro atoms. The maximum absolute atomic E-state index is 15.4. The second kappa shape index (κ2) is 31.8. The summed E-state index contributed by atoms with van der Waals surface area (Å²) in [6, 6.07) is 72.4. The Morgan fingerprint density at radius 3 is 0.673 bits per heavy atom. The molecule has 0 bridgehead atoms. The predicted molar refractivity (Wildman–Crippen MR) is 348 cm³/mol. The summed E-state index contributed by atoms with van der Waals surface area (Å²) in [7, 11) is -1.70. The summed E-state index contributed by atoms with van der Waals surface area (Å²) in [5.41, 5.74) is -0.323. The molecule has 520 valence electrons. The number of nitrogens with two attached hydrogens (primary N) is 2. The Labute approximate surface area is 584 Å². The van der Waals surface area contributed by atoms with Gasteiger partial charge in [-0.25, -0.2) is 87.8 Å². The van der Waals surface area contributed by atoms with Crippen molar-refractivity contribution in [3.63, 3.8) is 0 Å². The molecule has 0 radical (unpaired) electrons. The van der Waals surface area contributed by atoms with E-state index in [1.165, 1.54) is 77.3 Å². The van der Waals surface area contributed by atoms with Crippen molar-refractivity contribution < 1.29 is 120 Å². The van der Waals surface area contributed by atoms with Gasteiger partial charge in [-0.3, -0.25) is 0 Å². The van der Waals surface area contributed by atoms with Gasteiger partial charge in [-0.2, -0.15) is 0 Å². The van der Waals surface area contributed by atoms with Gasteiger partial charge in [0.05, 0.1) is 0 Å². The molecule has 12 aromatic carbocycles. The van der Waals surface area contributed by atoms with E-state index in [4.69, 9.17) is 11.5 Å². The summed E-state index contributed by atoms with van der Waals surface area (Å²) in [5, 5.41) is 13.3. The molecule has 1 aliphatic rings. The zero-order valence-corrected chi connectivity index (χ0v) is 55.7. The van der Waals surface area contributed by atoms with Crippen LogP contribution in [0.25, 0.3) is 32.7 Å². The molecule has 13 rings (SSSR count). The van der Waals surface area contributed by atoms with Gasteiger partial charge in [0.25, 0.3) is 0 Å². The minimum absolute atomic E-state index is 0. The van der Waals surface area contributed by atoms with E-state index in [-0.39, 0.29) is 44.0 Å². The Kier molecular flexibility index (Phi) is 24.2. The fraction of sp³-hybridized carbons (Fsp3) is 0.0811. The van der Waals surface area contributed by atoms with Crippen LogP contribution < -0.4 is 77.6 Å². The molecule has 1 fully saturated rings. The van der Waals surface area contributed by atoms with Crippen molar-refractivity contribution in [1.29, 1.82) is 0 Å². The molecule has 0 aliphatic heterocycles. The molecular weight excluding hydrogens is 1510 g/mol. The number of hydrogen-bond donors (Lipinski definition) is 2. The van der Waals surface area contributed by atoms with Crippen LogP contribution in [0.5, 0.6) is 0 Å². The maximum atomic E-state index is 15.4. The molecule has 2 atom stereocenters. The van der Waals surface area contributed by atoms with Crippen LogP contribution in [-0.4, -0.2) is 18.2 Å². The zero-order chi connectivity index (χ0) is 71.0. The number of benzene rings is 12. The van der Waals surface area contributed by atoms with Crippen LogP contribution in [0.3, 0.4) is 0 Å². The molecule has 0 aromatic heterocycles. The van der Waals surface area contributed by atoms with Crippen molar-refractivity contribution >= 4 is 97.2 Å². The Morgan fingerprint density at radius 1 is 0.257 bits per heavy atom. The summed E-state index contributed by atoms with van der Waals surface area (Å²) in [4.78, 5) is 0. The number of halogens is 21. The Bertz CT molecular complexity index is 4420. The van der Waals surface area contributed by atoms with Gasteiger partial charge in [-0.1, -0.05) is 207 Å². The number of hydrogen-bond acceptors (Lipinski definition) is 2. The average Bonchev–Trinajstić information content (AvgIpc) is 0.682. The maximum Gasteiger partial charge on any atom is 2.00 e. The summed E-state index contributed by atoms with van der Waals surface area (Å²) < 4.78 is 294. The summed E-state index contributed by atoms with van der Waals surface area (Å²) in [6.45, 7) is 0. The van der Waals surface area contributed by atoms with Crippen LogP contribution >= 0.6 is 15.8 Å². The number of fused-ring (bicyclic) bond motifs is 2. The van der Waals surface area contributed by atoms with Gasteiger partial charge in [0, 0.05) is 12.1 Å².